The summed E-state index contributed by atoms with van der Waals surface area (Å²) >= 11 is 0. The first kappa shape index (κ1) is 14.8. The Morgan fingerprint density at radius 1 is 1.28 bits per heavy atom. The quantitative estimate of drug-likeness (QED) is 0.369. The number of hydrogen-bond acceptors (Lipinski definition) is 6. The van der Waals surface area contributed by atoms with Gasteiger partial charge in [-0.25, -0.2) is 0 Å². The van der Waals surface area contributed by atoms with Gasteiger partial charge in [0.25, 0.3) is 0 Å². The minimum atomic E-state index is -1.39. The molecule has 0 aromatic heterocycles. The maximum atomic E-state index is 10.9. The Balaban J connectivity index is 2.73. The summed E-state index contributed by atoms with van der Waals surface area (Å²) in [7, 11) is 0. The third kappa shape index (κ3) is 3.39. The van der Waals surface area contributed by atoms with Crippen LogP contribution in [0.25, 0.3) is 0 Å². The van der Waals surface area contributed by atoms with E-state index >= 15 is 0 Å². The maximum absolute atomic E-state index is 10.9. The third-order valence-electron chi connectivity index (χ3n) is 2.66. The second kappa shape index (κ2) is 6.10. The number of hydrogen-bond donors (Lipinski definition) is 5. The smallest absolute Gasteiger partial charge is 0.217 e. The van der Waals surface area contributed by atoms with Crippen molar-refractivity contribution < 1.29 is 29.6 Å². The summed E-state index contributed by atoms with van der Waals surface area (Å²) in [6, 6.07) is -1.85. The van der Waals surface area contributed by atoms with E-state index in [0.29, 0.717) is 0 Å². The number of ether oxygens (including phenoxy) is 1. The fraction of sp³-hybridized carbons (Fsp3) is 0.800. The lowest BCUT2D eigenvalue weighted by Crippen LogP contribution is -2.53. The summed E-state index contributed by atoms with van der Waals surface area (Å²) in [5, 5.41) is 33.4. The highest BCUT2D eigenvalue weighted by Gasteiger charge is 2.46. The number of carbonyl (C=O) groups excluding carboxylic acids is 2. The van der Waals surface area contributed by atoms with Crippen molar-refractivity contribution in [2.24, 2.45) is 0 Å². The predicted molar refractivity (Wildman–Crippen MR) is 59.2 cm³/mol. The number of nitrogens with one attached hydrogen (secondary N) is 2. The van der Waals surface area contributed by atoms with Gasteiger partial charge in [-0.1, -0.05) is 0 Å². The first-order valence-electron chi connectivity index (χ1n) is 5.53. The number of amides is 2. The van der Waals surface area contributed by atoms with Gasteiger partial charge in [-0.2, -0.15) is 0 Å². The minimum absolute atomic E-state index is 0.401. The number of rotatable bonds is 4. The number of aliphatic hydroxyl groups excluding tert-OH is 3. The van der Waals surface area contributed by atoms with Crippen LogP contribution in [0.15, 0.2) is 0 Å². The van der Waals surface area contributed by atoms with Gasteiger partial charge in [0.05, 0.1) is 12.6 Å². The zero-order valence-corrected chi connectivity index (χ0v) is 10.2. The molecule has 0 aliphatic carbocycles. The van der Waals surface area contributed by atoms with Crippen molar-refractivity contribution in [1.82, 2.24) is 10.6 Å². The van der Waals surface area contributed by atoms with Crippen LogP contribution in [0.3, 0.4) is 0 Å². The Labute approximate surface area is 104 Å². The van der Waals surface area contributed by atoms with Gasteiger partial charge in [0, 0.05) is 13.8 Å². The van der Waals surface area contributed by atoms with Crippen molar-refractivity contribution >= 4 is 11.8 Å². The van der Waals surface area contributed by atoms with Gasteiger partial charge in [-0.05, 0) is 0 Å². The van der Waals surface area contributed by atoms with Crippen LogP contribution in [0.1, 0.15) is 13.8 Å². The molecule has 1 unspecified atom stereocenters. The van der Waals surface area contributed by atoms with Gasteiger partial charge < -0.3 is 30.7 Å². The van der Waals surface area contributed by atoms with E-state index in [2.05, 4.69) is 10.6 Å². The van der Waals surface area contributed by atoms with E-state index < -0.39 is 49.0 Å². The molecule has 2 amide bonds. The Morgan fingerprint density at radius 3 is 2.33 bits per heavy atom. The molecule has 1 fully saturated rings. The summed E-state index contributed by atoms with van der Waals surface area (Å²) in [6.07, 6.45) is -3.62. The molecule has 1 heterocycles. The number of aliphatic hydroxyl groups is 3. The lowest BCUT2D eigenvalue weighted by atomic mass is 10.0. The highest BCUT2D eigenvalue weighted by Crippen LogP contribution is 2.22. The van der Waals surface area contributed by atoms with Gasteiger partial charge in [0.15, 0.2) is 6.29 Å². The summed E-state index contributed by atoms with van der Waals surface area (Å²) in [5.74, 6) is -0.829. The highest BCUT2D eigenvalue weighted by atomic mass is 16.6. The van der Waals surface area contributed by atoms with Crippen LogP contribution in [0.4, 0.5) is 0 Å². The summed E-state index contributed by atoms with van der Waals surface area (Å²) < 4.78 is 5.06. The lowest BCUT2D eigenvalue weighted by Gasteiger charge is -2.24. The Hall–Kier alpha value is -1.22. The molecule has 18 heavy (non-hydrogen) atoms. The van der Waals surface area contributed by atoms with E-state index in [-0.39, 0.29) is 0 Å². The van der Waals surface area contributed by atoms with Crippen molar-refractivity contribution in [2.75, 3.05) is 6.61 Å². The van der Waals surface area contributed by atoms with Crippen LogP contribution in [0.5, 0.6) is 0 Å². The Bertz CT molecular complexity index is 323. The predicted octanol–water partition coefficient (Wildman–Crippen LogP) is -2.93. The van der Waals surface area contributed by atoms with E-state index in [1.807, 2.05) is 0 Å². The summed E-state index contributed by atoms with van der Waals surface area (Å²) in [6.45, 7) is 2.04. The van der Waals surface area contributed by atoms with Crippen LogP contribution in [-0.4, -0.2) is 64.3 Å². The van der Waals surface area contributed by atoms with E-state index in [1.165, 1.54) is 13.8 Å². The van der Waals surface area contributed by atoms with Crippen molar-refractivity contribution in [1.29, 1.82) is 0 Å². The average Bonchev–Trinajstić information content (AvgIpc) is 2.53. The van der Waals surface area contributed by atoms with Crippen molar-refractivity contribution in [3.05, 3.63) is 0 Å². The van der Waals surface area contributed by atoms with E-state index in [9.17, 15) is 19.8 Å². The van der Waals surface area contributed by atoms with Crippen LogP contribution in [0.2, 0.25) is 0 Å². The standard InChI is InChI=1S/C10H18N2O6/c1-4(14)11-6(3-13)9-8(16)7(10(17)18-9)12-5(2)15/h6-10,13,16-17H,3H2,1-2H3,(H,11,14)(H,12,15)/t6-,7+,8-,9-,10?/m1/s1. The molecule has 1 rings (SSSR count). The molecule has 8 heteroatoms. The zero-order chi connectivity index (χ0) is 13.9. The number of carbonyl (C=O) groups is 2. The first-order chi connectivity index (χ1) is 8.36. The van der Waals surface area contributed by atoms with Gasteiger partial charge in [-0.3, -0.25) is 9.59 Å². The largest absolute Gasteiger partial charge is 0.394 e. The van der Waals surface area contributed by atoms with E-state index in [4.69, 9.17) is 9.84 Å². The van der Waals surface area contributed by atoms with Gasteiger partial charge in [0.1, 0.15) is 18.2 Å². The zero-order valence-electron chi connectivity index (χ0n) is 10.2. The molecule has 1 saturated heterocycles. The molecule has 0 saturated carbocycles. The highest BCUT2D eigenvalue weighted by molar-refractivity contribution is 5.74. The molecular weight excluding hydrogens is 244 g/mol. The normalized spacial score (nSPS) is 32.9. The molecule has 8 nitrogen and oxygen atoms in total. The second-order valence-electron chi connectivity index (χ2n) is 4.20. The van der Waals surface area contributed by atoms with E-state index in [1.54, 1.807) is 0 Å². The molecule has 0 aromatic carbocycles. The summed E-state index contributed by atoms with van der Waals surface area (Å²) in [5.41, 5.74) is 0. The van der Waals surface area contributed by atoms with Gasteiger partial charge in [0.2, 0.25) is 11.8 Å². The van der Waals surface area contributed by atoms with Crippen molar-refractivity contribution in [3.63, 3.8) is 0 Å². The topological polar surface area (TPSA) is 128 Å². The Kier molecular flexibility index (Phi) is 5.03. The monoisotopic (exact) mass is 262 g/mol. The molecular formula is C10H18N2O6. The van der Waals surface area contributed by atoms with Crippen LogP contribution in [-0.2, 0) is 14.3 Å². The van der Waals surface area contributed by atoms with Gasteiger partial charge >= 0.3 is 0 Å². The molecule has 0 spiro atoms. The molecule has 5 atom stereocenters. The fourth-order valence-corrected chi connectivity index (χ4v) is 1.92. The van der Waals surface area contributed by atoms with Gasteiger partial charge in [-0.15, -0.1) is 0 Å². The maximum Gasteiger partial charge on any atom is 0.217 e. The lowest BCUT2D eigenvalue weighted by molar-refractivity contribution is -0.131. The third-order valence-corrected chi connectivity index (χ3v) is 2.66. The van der Waals surface area contributed by atoms with E-state index in [0.717, 1.165) is 0 Å². The second-order valence-corrected chi connectivity index (χ2v) is 4.20. The van der Waals surface area contributed by atoms with Crippen molar-refractivity contribution in [3.8, 4) is 0 Å². The first-order valence-corrected chi connectivity index (χ1v) is 5.53. The molecule has 1 aliphatic rings. The Morgan fingerprint density at radius 2 is 1.89 bits per heavy atom. The molecule has 1 aliphatic heterocycles. The fourth-order valence-electron chi connectivity index (χ4n) is 1.92. The molecule has 104 valence electrons. The van der Waals surface area contributed by atoms with Crippen LogP contribution >= 0.6 is 0 Å². The molecule has 0 aromatic rings. The summed E-state index contributed by atoms with van der Waals surface area (Å²) in [4.78, 5) is 21.8. The average molecular weight is 262 g/mol. The molecule has 5 N–H and O–H groups in total. The minimum Gasteiger partial charge on any atom is -0.394 e. The SMILES string of the molecule is CC(=O)N[C@@H]1C(O)O[C@H]([C@@H](CO)NC(C)=O)[C@@H]1O. The van der Waals surface area contributed by atoms with Crippen LogP contribution < -0.4 is 10.6 Å². The molecule has 0 radical (unpaired) electrons. The van der Waals surface area contributed by atoms with Crippen LogP contribution in [0, 0.1) is 0 Å². The molecule has 0 bridgehead atoms. The van der Waals surface area contributed by atoms with Crippen molar-refractivity contribution in [2.45, 2.75) is 44.4 Å².